The van der Waals surface area contributed by atoms with Gasteiger partial charge in [0.05, 0.1) is 16.3 Å². The van der Waals surface area contributed by atoms with Crippen LogP contribution in [0.5, 0.6) is 0 Å². The molecule has 0 saturated carbocycles. The molecule has 0 aliphatic heterocycles. The molecular formula is C18H14ClN5OS. The molecule has 0 aliphatic rings. The Morgan fingerprint density at radius 1 is 1.27 bits per heavy atom. The number of thiazole rings is 1. The summed E-state index contributed by atoms with van der Waals surface area (Å²) in [6, 6.07) is 11.1. The third-order valence-electron chi connectivity index (χ3n) is 3.83. The lowest BCUT2D eigenvalue weighted by atomic mass is 10.2. The Labute approximate surface area is 158 Å². The van der Waals surface area contributed by atoms with Crippen LogP contribution in [0.2, 0.25) is 5.02 Å². The van der Waals surface area contributed by atoms with Crippen LogP contribution in [-0.2, 0) is 13.6 Å². The lowest BCUT2D eigenvalue weighted by Crippen LogP contribution is -2.30. The summed E-state index contributed by atoms with van der Waals surface area (Å²) in [5.74, 6) is -0.218. The summed E-state index contributed by atoms with van der Waals surface area (Å²) in [7, 11) is 1.78. The number of benzene rings is 1. The van der Waals surface area contributed by atoms with E-state index in [9.17, 15) is 4.79 Å². The zero-order chi connectivity index (χ0) is 18.1. The predicted molar refractivity (Wildman–Crippen MR) is 103 cm³/mol. The molecule has 4 rings (SSSR count). The van der Waals surface area contributed by atoms with Gasteiger partial charge in [0.15, 0.2) is 10.8 Å². The van der Waals surface area contributed by atoms with Crippen molar-refractivity contribution in [1.29, 1.82) is 0 Å². The predicted octanol–water partition coefficient (Wildman–Crippen LogP) is 3.93. The molecule has 6 nitrogen and oxygen atoms in total. The number of nitrogens with zero attached hydrogens (tertiary/aromatic N) is 5. The number of hydrogen-bond acceptors (Lipinski definition) is 5. The fourth-order valence-corrected chi connectivity index (χ4v) is 3.85. The number of halogens is 1. The first-order chi connectivity index (χ1) is 12.6. The van der Waals surface area contributed by atoms with E-state index in [1.165, 1.54) is 11.3 Å². The van der Waals surface area contributed by atoms with Crippen LogP contribution in [0.15, 0.2) is 55.0 Å². The van der Waals surface area contributed by atoms with Gasteiger partial charge >= 0.3 is 0 Å². The van der Waals surface area contributed by atoms with Crippen molar-refractivity contribution in [2.45, 2.75) is 6.54 Å². The number of pyridine rings is 1. The minimum Gasteiger partial charge on any atom is -0.278 e. The highest BCUT2D eigenvalue weighted by Crippen LogP contribution is 2.34. The maximum atomic E-state index is 13.1. The van der Waals surface area contributed by atoms with Gasteiger partial charge in [-0.3, -0.25) is 19.4 Å². The standard InChI is InChI=1S/C18H14ClN5OS/c1-23-9-7-14(22-23)17(25)24(11-12-4-3-8-20-10-12)18-21-16-13(19)5-2-6-15(16)26-18/h2-10H,11H2,1H3. The minimum atomic E-state index is -0.218. The van der Waals surface area contributed by atoms with Gasteiger partial charge in [-0.05, 0) is 29.8 Å². The summed E-state index contributed by atoms with van der Waals surface area (Å²) in [5, 5.41) is 5.37. The van der Waals surface area contributed by atoms with E-state index in [4.69, 9.17) is 11.6 Å². The van der Waals surface area contributed by atoms with Crippen molar-refractivity contribution in [2.75, 3.05) is 4.90 Å². The Morgan fingerprint density at radius 3 is 2.85 bits per heavy atom. The molecule has 4 aromatic rings. The third kappa shape index (κ3) is 3.18. The van der Waals surface area contributed by atoms with E-state index in [0.29, 0.717) is 27.9 Å². The maximum Gasteiger partial charge on any atom is 0.280 e. The van der Waals surface area contributed by atoms with Crippen molar-refractivity contribution < 1.29 is 4.79 Å². The molecule has 0 spiro atoms. The lowest BCUT2D eigenvalue weighted by molar-refractivity contribution is 0.0979. The van der Waals surface area contributed by atoms with Gasteiger partial charge < -0.3 is 0 Å². The monoisotopic (exact) mass is 383 g/mol. The molecule has 130 valence electrons. The Hall–Kier alpha value is -2.77. The molecule has 0 aliphatic carbocycles. The average molecular weight is 384 g/mol. The Bertz CT molecular complexity index is 1080. The quantitative estimate of drug-likeness (QED) is 0.535. The van der Waals surface area contributed by atoms with E-state index in [1.807, 2.05) is 24.3 Å². The Morgan fingerprint density at radius 2 is 2.15 bits per heavy atom. The highest BCUT2D eigenvalue weighted by molar-refractivity contribution is 7.22. The van der Waals surface area contributed by atoms with Crippen LogP contribution < -0.4 is 4.90 Å². The van der Waals surface area contributed by atoms with Crippen LogP contribution in [0.4, 0.5) is 5.13 Å². The number of aryl methyl sites for hydroxylation is 1. The lowest BCUT2D eigenvalue weighted by Gasteiger charge is -2.18. The van der Waals surface area contributed by atoms with Crippen LogP contribution in [0, 0.1) is 0 Å². The normalized spacial score (nSPS) is 11.0. The van der Waals surface area contributed by atoms with Gasteiger partial charge in [-0.15, -0.1) is 0 Å². The molecular weight excluding hydrogens is 370 g/mol. The zero-order valence-corrected chi connectivity index (χ0v) is 15.4. The molecule has 8 heteroatoms. The fourth-order valence-electron chi connectivity index (χ4n) is 2.59. The summed E-state index contributed by atoms with van der Waals surface area (Å²) in [6.45, 7) is 0.348. The Kier molecular flexibility index (Phi) is 4.40. The van der Waals surface area contributed by atoms with Gasteiger partial charge in [0, 0.05) is 25.6 Å². The van der Waals surface area contributed by atoms with Crippen LogP contribution in [0.3, 0.4) is 0 Å². The number of carbonyl (C=O) groups is 1. The van der Waals surface area contributed by atoms with Gasteiger partial charge in [-0.25, -0.2) is 4.98 Å². The summed E-state index contributed by atoms with van der Waals surface area (Å²) >= 11 is 7.67. The second kappa shape index (κ2) is 6.86. The summed E-state index contributed by atoms with van der Waals surface area (Å²) < 4.78 is 2.53. The van der Waals surface area contributed by atoms with E-state index in [0.717, 1.165) is 10.3 Å². The van der Waals surface area contributed by atoms with Crippen LogP contribution in [0.1, 0.15) is 16.1 Å². The minimum absolute atomic E-state index is 0.218. The van der Waals surface area contributed by atoms with Gasteiger partial charge in [0.2, 0.25) is 0 Å². The molecule has 26 heavy (non-hydrogen) atoms. The number of anilines is 1. The fraction of sp³-hybridized carbons (Fsp3) is 0.111. The zero-order valence-electron chi connectivity index (χ0n) is 13.8. The molecule has 0 unspecified atom stereocenters. The van der Waals surface area contributed by atoms with Gasteiger partial charge in [0.25, 0.3) is 5.91 Å². The second-order valence-electron chi connectivity index (χ2n) is 5.71. The van der Waals surface area contributed by atoms with E-state index >= 15 is 0 Å². The van der Waals surface area contributed by atoms with Crippen molar-refractivity contribution in [1.82, 2.24) is 19.7 Å². The summed E-state index contributed by atoms with van der Waals surface area (Å²) in [4.78, 5) is 23.4. The maximum absolute atomic E-state index is 13.1. The van der Waals surface area contributed by atoms with E-state index in [2.05, 4.69) is 15.1 Å². The van der Waals surface area contributed by atoms with E-state index in [1.54, 1.807) is 47.4 Å². The number of fused-ring (bicyclic) bond motifs is 1. The first-order valence-electron chi connectivity index (χ1n) is 7.87. The van der Waals surface area contributed by atoms with Gasteiger partial charge in [-0.1, -0.05) is 35.1 Å². The second-order valence-corrected chi connectivity index (χ2v) is 7.13. The van der Waals surface area contributed by atoms with Crippen molar-refractivity contribution in [3.8, 4) is 0 Å². The van der Waals surface area contributed by atoms with E-state index in [-0.39, 0.29) is 5.91 Å². The molecule has 1 amide bonds. The molecule has 0 bridgehead atoms. The average Bonchev–Trinajstić information content (AvgIpc) is 3.27. The number of carbonyl (C=O) groups excluding carboxylic acids is 1. The van der Waals surface area contributed by atoms with E-state index < -0.39 is 0 Å². The van der Waals surface area contributed by atoms with Crippen molar-refractivity contribution in [3.05, 3.63) is 71.3 Å². The Balaban J connectivity index is 1.78. The summed E-state index contributed by atoms with van der Waals surface area (Å²) in [5.41, 5.74) is 1.96. The number of aromatic nitrogens is 4. The smallest absolute Gasteiger partial charge is 0.278 e. The van der Waals surface area contributed by atoms with Crippen LogP contribution in [0.25, 0.3) is 10.2 Å². The molecule has 0 N–H and O–H groups in total. The third-order valence-corrected chi connectivity index (χ3v) is 5.18. The first kappa shape index (κ1) is 16.7. The molecule has 0 saturated heterocycles. The molecule has 0 fully saturated rings. The molecule has 1 aromatic carbocycles. The summed E-state index contributed by atoms with van der Waals surface area (Å²) in [6.07, 6.45) is 5.18. The highest BCUT2D eigenvalue weighted by Gasteiger charge is 2.24. The van der Waals surface area contributed by atoms with Crippen molar-refractivity contribution in [3.63, 3.8) is 0 Å². The molecule has 3 aromatic heterocycles. The molecule has 0 radical (unpaired) electrons. The van der Waals surface area contributed by atoms with Gasteiger partial charge in [0.1, 0.15) is 5.52 Å². The largest absolute Gasteiger partial charge is 0.280 e. The topological polar surface area (TPSA) is 63.9 Å². The number of hydrogen-bond donors (Lipinski definition) is 0. The molecule has 0 atom stereocenters. The first-order valence-corrected chi connectivity index (χ1v) is 9.07. The van der Waals surface area contributed by atoms with Crippen molar-refractivity contribution >= 4 is 44.2 Å². The highest BCUT2D eigenvalue weighted by atomic mass is 35.5. The molecule has 3 heterocycles. The van der Waals surface area contributed by atoms with Crippen LogP contribution in [-0.4, -0.2) is 25.7 Å². The van der Waals surface area contributed by atoms with Gasteiger partial charge in [-0.2, -0.15) is 5.10 Å². The number of amides is 1. The van der Waals surface area contributed by atoms with Crippen molar-refractivity contribution in [2.24, 2.45) is 7.05 Å². The number of para-hydroxylation sites is 1. The van der Waals surface area contributed by atoms with Crippen LogP contribution >= 0.6 is 22.9 Å². The SMILES string of the molecule is Cn1ccc(C(=O)N(Cc2cccnc2)c2nc3c(Cl)cccc3s2)n1. The number of rotatable bonds is 4.